The number of nitrogens with zero attached hydrogens (tertiary/aromatic N) is 3. The summed E-state index contributed by atoms with van der Waals surface area (Å²) in [5, 5.41) is 15.7. The molecular weight excluding hydrogens is 613 g/mol. The fraction of sp³-hybridized carbons (Fsp3) is 0.486. The van der Waals surface area contributed by atoms with Crippen LogP contribution in [0.25, 0.3) is 22.2 Å². The Balaban J connectivity index is 1.03. The number of aromatic nitrogens is 3. The van der Waals surface area contributed by atoms with E-state index in [2.05, 4.69) is 27.3 Å². The molecule has 1 N–H and O–H groups in total. The number of carboxylic acid groups (broad SMARTS) is 1. The summed E-state index contributed by atoms with van der Waals surface area (Å²) < 4.78 is 18.7. The normalized spacial score (nSPS) is 22.8. The third-order valence-electron chi connectivity index (χ3n) is 10.1. The second kappa shape index (κ2) is 11.9. The van der Waals surface area contributed by atoms with Crippen LogP contribution in [0.4, 0.5) is 0 Å². The molecule has 4 fully saturated rings. The van der Waals surface area contributed by atoms with Crippen LogP contribution < -0.4 is 4.74 Å². The number of aryl methyl sites for hydroxylation is 1. The lowest BCUT2D eigenvalue weighted by Gasteiger charge is -2.53. The van der Waals surface area contributed by atoms with Gasteiger partial charge in [-0.15, -0.1) is 0 Å². The molecule has 0 unspecified atom stereocenters. The van der Waals surface area contributed by atoms with Gasteiger partial charge in [0.15, 0.2) is 5.69 Å². The number of pyridine rings is 2. The average Bonchev–Trinajstić information content (AvgIpc) is 3.79. The van der Waals surface area contributed by atoms with Gasteiger partial charge >= 0.3 is 5.97 Å². The van der Waals surface area contributed by atoms with Crippen molar-refractivity contribution < 1.29 is 23.9 Å². The van der Waals surface area contributed by atoms with Gasteiger partial charge in [0.2, 0.25) is 0 Å². The first kappa shape index (κ1) is 30.5. The highest BCUT2D eigenvalue weighted by atomic mass is 35.5. The lowest BCUT2D eigenvalue weighted by molar-refractivity contribution is -0.145. The third-order valence-corrected chi connectivity index (χ3v) is 10.6. The van der Waals surface area contributed by atoms with Crippen LogP contribution in [0.2, 0.25) is 10.0 Å². The number of ether oxygens (including phenoxy) is 2. The van der Waals surface area contributed by atoms with Crippen LogP contribution in [0.1, 0.15) is 105 Å². The molecule has 0 spiro atoms. The van der Waals surface area contributed by atoms with Crippen molar-refractivity contribution in [3.63, 3.8) is 0 Å². The van der Waals surface area contributed by atoms with E-state index in [9.17, 15) is 9.90 Å². The lowest BCUT2D eigenvalue weighted by atomic mass is 9.57. The highest BCUT2D eigenvalue weighted by molar-refractivity contribution is 6.38. The zero-order valence-corrected chi connectivity index (χ0v) is 27.1. The monoisotopic (exact) mass is 649 g/mol. The molecule has 10 heteroatoms. The number of benzene rings is 1. The summed E-state index contributed by atoms with van der Waals surface area (Å²) in [5.74, 6) is 0.790. The molecule has 4 aromatic rings. The molecule has 0 amide bonds. The molecule has 3 heterocycles. The number of halogens is 2. The average molecular weight is 651 g/mol. The Kier molecular flexibility index (Phi) is 8.03. The van der Waals surface area contributed by atoms with E-state index in [-0.39, 0.29) is 17.4 Å². The highest BCUT2D eigenvalue weighted by Crippen LogP contribution is 2.56. The molecule has 0 atom stereocenters. The first-order valence-corrected chi connectivity index (χ1v) is 16.7. The van der Waals surface area contributed by atoms with Crippen LogP contribution in [0.15, 0.2) is 41.2 Å². The Hall–Kier alpha value is -3.20. The van der Waals surface area contributed by atoms with E-state index in [4.69, 9.17) is 37.2 Å². The maximum absolute atomic E-state index is 11.6. The highest BCUT2D eigenvalue weighted by Gasteiger charge is 2.49. The Morgan fingerprint density at radius 2 is 1.78 bits per heavy atom. The van der Waals surface area contributed by atoms with E-state index < -0.39 is 5.97 Å². The molecule has 8 rings (SSSR count). The topological polar surface area (TPSA) is 108 Å². The molecule has 4 saturated carbocycles. The van der Waals surface area contributed by atoms with Gasteiger partial charge in [0.1, 0.15) is 17.2 Å². The largest absolute Gasteiger partial charge is 0.490 e. The summed E-state index contributed by atoms with van der Waals surface area (Å²) in [6.45, 7) is 4.31. The zero-order chi connectivity index (χ0) is 31.3. The molecule has 0 radical (unpaired) electrons. The quantitative estimate of drug-likeness (QED) is 0.171. The van der Waals surface area contributed by atoms with Gasteiger partial charge in [-0.1, -0.05) is 34.4 Å². The molecule has 236 valence electrons. The van der Waals surface area contributed by atoms with Crippen molar-refractivity contribution in [2.24, 2.45) is 5.41 Å². The van der Waals surface area contributed by atoms with Crippen LogP contribution >= 0.6 is 23.2 Å². The first-order valence-electron chi connectivity index (χ1n) is 15.9. The summed E-state index contributed by atoms with van der Waals surface area (Å²) in [7, 11) is 0. The van der Waals surface area contributed by atoms with Crippen LogP contribution in [-0.2, 0) is 17.8 Å². The standard InChI is InChI=1S/C35H37Cl2N3O5/c1-20(2)44-29-16-28(33(41)42)39-27-6-3-21(15-23(27)29)7-8-34-9-12-35(13-10-34,14-11-34)43-19-24-31(40-45-32(24)22-4-5-22)30-25(36)17-38-18-26(30)37/h3,6,15-18,20,22H,4-5,7-14,19H2,1-2H3,(H,41,42). The fourth-order valence-electron chi connectivity index (χ4n) is 7.28. The van der Waals surface area contributed by atoms with E-state index >= 15 is 0 Å². The summed E-state index contributed by atoms with van der Waals surface area (Å²) >= 11 is 13.0. The molecular formula is C35H37Cl2N3O5. The van der Waals surface area contributed by atoms with Crippen molar-refractivity contribution in [3.05, 3.63) is 69.3 Å². The number of hydrogen-bond donors (Lipinski definition) is 1. The number of carboxylic acids is 1. The van der Waals surface area contributed by atoms with Gasteiger partial charge in [0, 0.05) is 40.9 Å². The van der Waals surface area contributed by atoms with Crippen LogP contribution in [-0.4, -0.2) is 37.9 Å². The van der Waals surface area contributed by atoms with Gasteiger partial charge in [-0.2, -0.15) is 0 Å². The Morgan fingerprint density at radius 3 is 2.42 bits per heavy atom. The Morgan fingerprint density at radius 1 is 1.07 bits per heavy atom. The second-order valence-electron chi connectivity index (χ2n) is 13.4. The first-order chi connectivity index (χ1) is 21.6. The third kappa shape index (κ3) is 6.05. The van der Waals surface area contributed by atoms with Crippen molar-refractivity contribution in [3.8, 4) is 17.0 Å². The Bertz CT molecular complexity index is 1720. The smallest absolute Gasteiger partial charge is 0.354 e. The summed E-state index contributed by atoms with van der Waals surface area (Å²) in [5.41, 5.74) is 4.30. The molecule has 2 bridgehead atoms. The predicted molar refractivity (Wildman–Crippen MR) is 172 cm³/mol. The van der Waals surface area contributed by atoms with Crippen molar-refractivity contribution >= 4 is 40.1 Å². The molecule has 0 aliphatic heterocycles. The van der Waals surface area contributed by atoms with Crippen molar-refractivity contribution in [1.82, 2.24) is 15.1 Å². The minimum atomic E-state index is -1.06. The zero-order valence-electron chi connectivity index (χ0n) is 25.6. The van der Waals surface area contributed by atoms with Gasteiger partial charge < -0.3 is 19.1 Å². The van der Waals surface area contributed by atoms with Gasteiger partial charge in [-0.3, -0.25) is 4.98 Å². The van der Waals surface area contributed by atoms with Crippen LogP contribution in [0.3, 0.4) is 0 Å². The molecule has 3 aromatic heterocycles. The maximum atomic E-state index is 11.6. The van der Waals surface area contributed by atoms with Gasteiger partial charge in [-0.05, 0) is 101 Å². The van der Waals surface area contributed by atoms with E-state index in [1.165, 1.54) is 11.6 Å². The van der Waals surface area contributed by atoms with Crippen molar-refractivity contribution in [2.45, 2.75) is 102 Å². The van der Waals surface area contributed by atoms with E-state index in [0.29, 0.717) is 50.5 Å². The molecule has 0 saturated heterocycles. The van der Waals surface area contributed by atoms with Crippen LogP contribution in [0, 0.1) is 5.41 Å². The van der Waals surface area contributed by atoms with Crippen molar-refractivity contribution in [1.29, 1.82) is 0 Å². The van der Waals surface area contributed by atoms with Crippen LogP contribution in [0.5, 0.6) is 5.75 Å². The number of hydrogen-bond acceptors (Lipinski definition) is 7. The number of aromatic carboxylic acids is 1. The second-order valence-corrected chi connectivity index (χ2v) is 14.2. The maximum Gasteiger partial charge on any atom is 0.354 e. The van der Waals surface area contributed by atoms with Gasteiger partial charge in [0.05, 0.1) is 33.9 Å². The van der Waals surface area contributed by atoms with Gasteiger partial charge in [0.25, 0.3) is 0 Å². The number of rotatable bonds is 11. The molecule has 4 aliphatic rings. The Labute approximate surface area is 272 Å². The number of carbonyl (C=O) groups is 1. The van der Waals surface area contributed by atoms with Gasteiger partial charge in [-0.25, -0.2) is 9.78 Å². The fourth-order valence-corrected chi connectivity index (χ4v) is 7.82. The lowest BCUT2D eigenvalue weighted by Crippen LogP contribution is -2.47. The molecule has 4 aliphatic carbocycles. The molecule has 45 heavy (non-hydrogen) atoms. The molecule has 1 aromatic carbocycles. The summed E-state index contributed by atoms with van der Waals surface area (Å²) in [6, 6.07) is 7.65. The minimum absolute atomic E-state index is 0.00566. The SMILES string of the molecule is CC(C)Oc1cc(C(=O)O)nc2ccc(CCC34CCC(OCc5c(-c6c(Cl)cncc6Cl)noc5C5CC5)(CC3)CC4)cc12. The summed E-state index contributed by atoms with van der Waals surface area (Å²) in [4.78, 5) is 20.1. The van der Waals surface area contributed by atoms with E-state index in [1.807, 2.05) is 19.9 Å². The number of fused-ring (bicyclic) bond motifs is 4. The minimum Gasteiger partial charge on any atom is -0.490 e. The van der Waals surface area contributed by atoms with Crippen molar-refractivity contribution in [2.75, 3.05) is 0 Å². The van der Waals surface area contributed by atoms with E-state index in [0.717, 1.165) is 80.9 Å². The van der Waals surface area contributed by atoms with E-state index in [1.54, 1.807) is 12.4 Å². The summed E-state index contributed by atoms with van der Waals surface area (Å²) in [6.07, 6.45) is 13.9. The molecule has 8 nitrogen and oxygen atoms in total. The predicted octanol–water partition coefficient (Wildman–Crippen LogP) is 9.20.